The van der Waals surface area contributed by atoms with Gasteiger partial charge in [-0.25, -0.2) is 4.39 Å². The molecular formula is C19H23FN4O. The van der Waals surface area contributed by atoms with Crippen LogP contribution < -0.4 is 10.6 Å². The second kappa shape index (κ2) is 8.82. The van der Waals surface area contributed by atoms with Crippen molar-refractivity contribution in [2.75, 3.05) is 21.1 Å². The molecular weight excluding hydrogens is 319 g/mol. The topological polar surface area (TPSA) is 56.7 Å². The number of nitrogens with one attached hydrogen (secondary N) is 2. The molecule has 2 N–H and O–H groups in total. The van der Waals surface area contributed by atoms with Crippen LogP contribution in [0.4, 0.5) is 4.39 Å². The van der Waals surface area contributed by atoms with Crippen LogP contribution in [0.25, 0.3) is 0 Å². The molecule has 6 heteroatoms. The number of amides is 1. The largest absolute Gasteiger partial charge is 0.352 e. The third kappa shape index (κ3) is 5.60. The van der Waals surface area contributed by atoms with E-state index in [1.165, 1.54) is 12.1 Å². The Hall–Kier alpha value is -2.89. The number of rotatable bonds is 5. The fourth-order valence-electron chi connectivity index (χ4n) is 2.22. The van der Waals surface area contributed by atoms with E-state index in [-0.39, 0.29) is 11.7 Å². The lowest BCUT2D eigenvalue weighted by Crippen LogP contribution is -2.36. The zero-order valence-corrected chi connectivity index (χ0v) is 14.7. The Morgan fingerprint density at radius 3 is 1.88 bits per heavy atom. The summed E-state index contributed by atoms with van der Waals surface area (Å²) in [5, 5.41) is 6.38. The molecule has 0 saturated heterocycles. The minimum Gasteiger partial charge on any atom is -0.352 e. The van der Waals surface area contributed by atoms with Gasteiger partial charge < -0.3 is 15.5 Å². The Labute approximate surface area is 147 Å². The highest BCUT2D eigenvalue weighted by atomic mass is 19.1. The molecule has 0 saturated carbocycles. The lowest BCUT2D eigenvalue weighted by Gasteiger charge is -2.13. The number of hydrogen-bond acceptors (Lipinski definition) is 2. The molecule has 0 atom stereocenters. The van der Waals surface area contributed by atoms with Crippen molar-refractivity contribution in [2.45, 2.75) is 13.1 Å². The summed E-state index contributed by atoms with van der Waals surface area (Å²) in [5.41, 5.74) is 2.67. The maximum absolute atomic E-state index is 12.9. The van der Waals surface area contributed by atoms with Gasteiger partial charge in [-0.15, -0.1) is 0 Å². The van der Waals surface area contributed by atoms with Gasteiger partial charge in [0.25, 0.3) is 5.91 Å². The van der Waals surface area contributed by atoms with E-state index in [0.29, 0.717) is 24.6 Å². The number of guanidine groups is 1. The van der Waals surface area contributed by atoms with Crippen LogP contribution in [-0.4, -0.2) is 37.9 Å². The van der Waals surface area contributed by atoms with Crippen LogP contribution in [0.3, 0.4) is 0 Å². The minimum absolute atomic E-state index is 0.0173. The quantitative estimate of drug-likeness (QED) is 0.648. The van der Waals surface area contributed by atoms with Gasteiger partial charge in [0.1, 0.15) is 5.82 Å². The number of hydrogen-bond donors (Lipinski definition) is 2. The zero-order chi connectivity index (χ0) is 18.2. The van der Waals surface area contributed by atoms with Crippen molar-refractivity contribution >= 4 is 11.9 Å². The van der Waals surface area contributed by atoms with E-state index in [0.717, 1.165) is 11.1 Å². The van der Waals surface area contributed by atoms with Crippen LogP contribution in [0.15, 0.2) is 53.5 Å². The highest BCUT2D eigenvalue weighted by Crippen LogP contribution is 2.06. The fraction of sp³-hybridized carbons (Fsp3) is 0.263. The van der Waals surface area contributed by atoms with Gasteiger partial charge in [-0.1, -0.05) is 24.3 Å². The van der Waals surface area contributed by atoms with Crippen LogP contribution in [-0.2, 0) is 13.1 Å². The summed E-state index contributed by atoms with van der Waals surface area (Å²) in [5.74, 6) is 0.386. The van der Waals surface area contributed by atoms with Crippen LogP contribution in [0.5, 0.6) is 0 Å². The second-order valence-corrected chi connectivity index (χ2v) is 5.80. The summed E-state index contributed by atoms with van der Waals surface area (Å²) < 4.78 is 12.9. The van der Waals surface area contributed by atoms with E-state index >= 15 is 0 Å². The Kier molecular flexibility index (Phi) is 6.51. The molecule has 0 aromatic heterocycles. The molecule has 2 aromatic rings. The Balaban J connectivity index is 1.86. The highest BCUT2D eigenvalue weighted by molar-refractivity contribution is 5.93. The maximum Gasteiger partial charge on any atom is 0.253 e. The van der Waals surface area contributed by atoms with Gasteiger partial charge in [0.15, 0.2) is 5.96 Å². The smallest absolute Gasteiger partial charge is 0.253 e. The van der Waals surface area contributed by atoms with Crippen molar-refractivity contribution in [3.8, 4) is 0 Å². The molecule has 2 aromatic carbocycles. The van der Waals surface area contributed by atoms with E-state index < -0.39 is 0 Å². The van der Waals surface area contributed by atoms with Crippen molar-refractivity contribution < 1.29 is 9.18 Å². The molecule has 0 radical (unpaired) electrons. The van der Waals surface area contributed by atoms with Crippen LogP contribution in [0, 0.1) is 5.82 Å². The first kappa shape index (κ1) is 18.4. The second-order valence-electron chi connectivity index (χ2n) is 5.80. The Bertz CT molecular complexity index is 724. The van der Waals surface area contributed by atoms with Crippen molar-refractivity contribution in [3.63, 3.8) is 0 Å². The standard InChI is InChI=1S/C19H23FN4O/c1-21-19(23-13-15-6-10-17(20)11-7-15)22-12-14-4-8-16(9-5-14)18(25)24(2)3/h4-11H,12-13H2,1-3H3,(H2,21,22,23). The number of halogens is 1. The van der Waals surface area contributed by atoms with Gasteiger partial charge in [0, 0.05) is 39.8 Å². The molecule has 0 unspecified atom stereocenters. The summed E-state index contributed by atoms with van der Waals surface area (Å²) in [7, 11) is 5.15. The molecule has 1 amide bonds. The number of carbonyl (C=O) groups is 1. The average Bonchev–Trinajstić information content (AvgIpc) is 2.63. The Morgan fingerprint density at radius 1 is 0.960 bits per heavy atom. The van der Waals surface area contributed by atoms with Crippen molar-refractivity contribution in [1.29, 1.82) is 0 Å². The maximum atomic E-state index is 12.9. The van der Waals surface area contributed by atoms with Crippen LogP contribution in [0.1, 0.15) is 21.5 Å². The predicted octanol–water partition coefficient (Wildman–Crippen LogP) is 2.39. The van der Waals surface area contributed by atoms with Gasteiger partial charge in [0.05, 0.1) is 0 Å². The number of aliphatic imine (C=N–C) groups is 1. The summed E-state index contributed by atoms with van der Waals surface area (Å²) in [6.45, 7) is 1.13. The number of benzene rings is 2. The molecule has 0 aliphatic heterocycles. The van der Waals surface area contributed by atoms with E-state index in [1.54, 1.807) is 38.2 Å². The summed E-state index contributed by atoms with van der Waals surface area (Å²) >= 11 is 0. The van der Waals surface area contributed by atoms with Crippen LogP contribution >= 0.6 is 0 Å². The number of nitrogens with zero attached hydrogens (tertiary/aromatic N) is 2. The van der Waals surface area contributed by atoms with Crippen molar-refractivity contribution in [1.82, 2.24) is 15.5 Å². The molecule has 0 aliphatic carbocycles. The summed E-state index contributed by atoms with van der Waals surface area (Å²) in [6, 6.07) is 13.8. The fourth-order valence-corrected chi connectivity index (χ4v) is 2.22. The Morgan fingerprint density at radius 2 is 1.44 bits per heavy atom. The van der Waals surface area contributed by atoms with Gasteiger partial charge in [-0.3, -0.25) is 9.79 Å². The molecule has 2 rings (SSSR count). The molecule has 132 valence electrons. The van der Waals surface area contributed by atoms with E-state index in [9.17, 15) is 9.18 Å². The number of carbonyl (C=O) groups excluding carboxylic acids is 1. The normalized spacial score (nSPS) is 11.1. The van der Waals surface area contributed by atoms with E-state index in [2.05, 4.69) is 15.6 Å². The average molecular weight is 342 g/mol. The minimum atomic E-state index is -0.248. The lowest BCUT2D eigenvalue weighted by molar-refractivity contribution is 0.0827. The van der Waals surface area contributed by atoms with Gasteiger partial charge in [-0.05, 0) is 35.4 Å². The summed E-state index contributed by atoms with van der Waals surface area (Å²) in [4.78, 5) is 17.6. The third-order valence-corrected chi connectivity index (χ3v) is 3.66. The van der Waals surface area contributed by atoms with Crippen molar-refractivity contribution in [2.24, 2.45) is 4.99 Å². The molecule has 0 heterocycles. The summed E-state index contributed by atoms with van der Waals surface area (Å²) in [6.07, 6.45) is 0. The van der Waals surface area contributed by atoms with E-state index in [4.69, 9.17) is 0 Å². The highest BCUT2D eigenvalue weighted by Gasteiger charge is 2.07. The lowest BCUT2D eigenvalue weighted by atomic mass is 10.1. The first-order valence-electron chi connectivity index (χ1n) is 7.99. The van der Waals surface area contributed by atoms with Crippen LogP contribution in [0.2, 0.25) is 0 Å². The molecule has 0 fully saturated rings. The monoisotopic (exact) mass is 342 g/mol. The van der Waals surface area contributed by atoms with Gasteiger partial charge in [0.2, 0.25) is 0 Å². The van der Waals surface area contributed by atoms with Crippen molar-refractivity contribution in [3.05, 3.63) is 71.0 Å². The first-order valence-corrected chi connectivity index (χ1v) is 7.99. The molecule has 0 spiro atoms. The first-order chi connectivity index (χ1) is 12.0. The third-order valence-electron chi connectivity index (χ3n) is 3.66. The SMILES string of the molecule is CN=C(NCc1ccc(F)cc1)NCc1ccc(C(=O)N(C)C)cc1. The molecule has 25 heavy (non-hydrogen) atoms. The van der Waals surface area contributed by atoms with E-state index in [1.807, 2.05) is 24.3 Å². The molecule has 0 bridgehead atoms. The predicted molar refractivity (Wildman–Crippen MR) is 97.9 cm³/mol. The zero-order valence-electron chi connectivity index (χ0n) is 14.7. The van der Waals surface area contributed by atoms with Gasteiger partial charge >= 0.3 is 0 Å². The van der Waals surface area contributed by atoms with Gasteiger partial charge in [-0.2, -0.15) is 0 Å². The molecule has 5 nitrogen and oxygen atoms in total. The molecule has 0 aliphatic rings.